The van der Waals surface area contributed by atoms with Crippen LogP contribution < -0.4 is 0 Å². The molecule has 0 aliphatic carbocycles. The summed E-state index contributed by atoms with van der Waals surface area (Å²) in [4.78, 5) is 17.2. The van der Waals surface area contributed by atoms with Gasteiger partial charge in [-0.15, -0.1) is 0 Å². The standard InChI is InChI=1S/C12H16N2O2/c1-10(15)14-5-6-16-12(9-14)7-11-3-2-4-13-8-11/h2-4,8,12H,5-7,9H2,1H3/t12-/m0/s1. The van der Waals surface area contributed by atoms with Gasteiger partial charge in [-0.25, -0.2) is 0 Å². The van der Waals surface area contributed by atoms with Crippen molar-refractivity contribution in [3.63, 3.8) is 0 Å². The van der Waals surface area contributed by atoms with E-state index < -0.39 is 0 Å². The summed E-state index contributed by atoms with van der Waals surface area (Å²) >= 11 is 0. The Bertz CT molecular complexity index is 353. The number of amides is 1. The van der Waals surface area contributed by atoms with Crippen molar-refractivity contribution in [3.05, 3.63) is 30.1 Å². The molecule has 1 saturated heterocycles. The molecule has 0 aromatic carbocycles. The molecule has 4 nitrogen and oxygen atoms in total. The molecule has 86 valence electrons. The van der Waals surface area contributed by atoms with Gasteiger partial charge in [0.25, 0.3) is 0 Å². The summed E-state index contributed by atoms with van der Waals surface area (Å²) in [5.41, 5.74) is 1.15. The summed E-state index contributed by atoms with van der Waals surface area (Å²) in [7, 11) is 0. The number of pyridine rings is 1. The summed E-state index contributed by atoms with van der Waals surface area (Å²) in [5.74, 6) is 0.125. The highest BCUT2D eigenvalue weighted by atomic mass is 16.5. The van der Waals surface area contributed by atoms with Gasteiger partial charge in [0.15, 0.2) is 0 Å². The number of carbonyl (C=O) groups excluding carboxylic acids is 1. The van der Waals surface area contributed by atoms with E-state index in [4.69, 9.17) is 4.74 Å². The predicted molar refractivity (Wildman–Crippen MR) is 59.9 cm³/mol. The SMILES string of the molecule is CC(=O)N1CCO[C@@H](Cc2cccnc2)C1. The topological polar surface area (TPSA) is 42.4 Å². The molecule has 1 atom stereocenters. The Morgan fingerprint density at radius 2 is 2.56 bits per heavy atom. The molecule has 1 aliphatic heterocycles. The van der Waals surface area contributed by atoms with Crippen LogP contribution in [0.5, 0.6) is 0 Å². The molecule has 0 radical (unpaired) electrons. The molecule has 0 saturated carbocycles. The zero-order valence-electron chi connectivity index (χ0n) is 9.43. The van der Waals surface area contributed by atoms with Gasteiger partial charge >= 0.3 is 0 Å². The molecule has 16 heavy (non-hydrogen) atoms. The maximum atomic E-state index is 11.3. The number of nitrogens with zero attached hydrogens (tertiary/aromatic N) is 2. The third-order valence-corrected chi connectivity index (χ3v) is 2.77. The Kier molecular flexibility index (Phi) is 3.51. The Hall–Kier alpha value is -1.42. The van der Waals surface area contributed by atoms with E-state index in [1.165, 1.54) is 0 Å². The van der Waals surface area contributed by atoms with Gasteiger partial charge in [-0.2, -0.15) is 0 Å². The molecule has 1 aromatic rings. The van der Waals surface area contributed by atoms with E-state index in [-0.39, 0.29) is 12.0 Å². The molecular formula is C12H16N2O2. The fraction of sp³-hybridized carbons (Fsp3) is 0.500. The maximum Gasteiger partial charge on any atom is 0.219 e. The van der Waals surface area contributed by atoms with E-state index in [1.54, 1.807) is 13.1 Å². The highest BCUT2D eigenvalue weighted by Crippen LogP contribution is 2.10. The van der Waals surface area contributed by atoms with E-state index in [9.17, 15) is 4.79 Å². The summed E-state index contributed by atoms with van der Waals surface area (Å²) in [5, 5.41) is 0. The van der Waals surface area contributed by atoms with Crippen LogP contribution in [-0.2, 0) is 16.0 Å². The van der Waals surface area contributed by atoms with Crippen molar-refractivity contribution in [2.45, 2.75) is 19.4 Å². The van der Waals surface area contributed by atoms with Gasteiger partial charge in [-0.3, -0.25) is 9.78 Å². The van der Waals surface area contributed by atoms with Gasteiger partial charge < -0.3 is 9.64 Å². The molecule has 1 amide bonds. The number of carbonyl (C=O) groups is 1. The average molecular weight is 220 g/mol. The Labute approximate surface area is 95.2 Å². The molecule has 0 bridgehead atoms. The normalized spacial score (nSPS) is 20.8. The molecule has 0 unspecified atom stereocenters. The van der Waals surface area contributed by atoms with Gasteiger partial charge in [0, 0.05) is 38.8 Å². The monoisotopic (exact) mass is 220 g/mol. The molecule has 0 N–H and O–H groups in total. The number of rotatable bonds is 2. The third kappa shape index (κ3) is 2.79. The highest BCUT2D eigenvalue weighted by Gasteiger charge is 2.22. The van der Waals surface area contributed by atoms with E-state index in [2.05, 4.69) is 4.98 Å². The van der Waals surface area contributed by atoms with Crippen LogP contribution in [0.3, 0.4) is 0 Å². The van der Waals surface area contributed by atoms with Crippen LogP contribution in [0.15, 0.2) is 24.5 Å². The zero-order valence-corrected chi connectivity index (χ0v) is 9.43. The summed E-state index contributed by atoms with van der Waals surface area (Å²) in [6.07, 6.45) is 4.52. The van der Waals surface area contributed by atoms with Crippen LogP contribution >= 0.6 is 0 Å². The Morgan fingerprint density at radius 3 is 3.25 bits per heavy atom. The Morgan fingerprint density at radius 1 is 1.69 bits per heavy atom. The van der Waals surface area contributed by atoms with Crippen LogP contribution in [0.25, 0.3) is 0 Å². The number of hydrogen-bond acceptors (Lipinski definition) is 3. The average Bonchev–Trinajstić information content (AvgIpc) is 2.30. The molecular weight excluding hydrogens is 204 g/mol. The summed E-state index contributed by atoms with van der Waals surface area (Å²) < 4.78 is 5.64. The molecule has 4 heteroatoms. The summed E-state index contributed by atoms with van der Waals surface area (Å²) in [6.45, 7) is 3.63. The first-order valence-electron chi connectivity index (χ1n) is 5.52. The van der Waals surface area contributed by atoms with Crippen molar-refractivity contribution in [2.75, 3.05) is 19.7 Å². The van der Waals surface area contributed by atoms with Gasteiger partial charge in [0.2, 0.25) is 5.91 Å². The molecule has 1 aromatic heterocycles. The lowest BCUT2D eigenvalue weighted by molar-refractivity contribution is -0.136. The van der Waals surface area contributed by atoms with Crippen LogP contribution in [-0.4, -0.2) is 41.6 Å². The van der Waals surface area contributed by atoms with Crippen molar-refractivity contribution in [2.24, 2.45) is 0 Å². The molecule has 1 aliphatic rings. The van der Waals surface area contributed by atoms with Crippen LogP contribution in [0, 0.1) is 0 Å². The molecule has 2 heterocycles. The second-order valence-corrected chi connectivity index (χ2v) is 4.02. The Balaban J connectivity index is 1.93. The van der Waals surface area contributed by atoms with Crippen molar-refractivity contribution >= 4 is 5.91 Å². The smallest absolute Gasteiger partial charge is 0.219 e. The lowest BCUT2D eigenvalue weighted by atomic mass is 10.1. The molecule has 2 rings (SSSR count). The zero-order chi connectivity index (χ0) is 11.4. The first kappa shape index (κ1) is 11.1. The van der Waals surface area contributed by atoms with Crippen LogP contribution in [0.1, 0.15) is 12.5 Å². The number of aromatic nitrogens is 1. The highest BCUT2D eigenvalue weighted by molar-refractivity contribution is 5.73. The minimum atomic E-state index is 0.0989. The van der Waals surface area contributed by atoms with Gasteiger partial charge in [-0.05, 0) is 11.6 Å². The maximum absolute atomic E-state index is 11.3. The van der Waals surface area contributed by atoms with E-state index in [0.717, 1.165) is 12.0 Å². The first-order chi connectivity index (χ1) is 7.75. The number of ether oxygens (including phenoxy) is 1. The molecule has 1 fully saturated rings. The van der Waals surface area contributed by atoms with Crippen molar-refractivity contribution in [3.8, 4) is 0 Å². The minimum absolute atomic E-state index is 0.0989. The van der Waals surface area contributed by atoms with Crippen molar-refractivity contribution < 1.29 is 9.53 Å². The number of morpholine rings is 1. The number of hydrogen-bond donors (Lipinski definition) is 0. The fourth-order valence-electron chi connectivity index (χ4n) is 1.91. The fourth-order valence-corrected chi connectivity index (χ4v) is 1.91. The summed E-state index contributed by atoms with van der Waals surface area (Å²) in [6, 6.07) is 3.95. The minimum Gasteiger partial charge on any atom is -0.374 e. The van der Waals surface area contributed by atoms with Crippen LogP contribution in [0.2, 0.25) is 0 Å². The van der Waals surface area contributed by atoms with Crippen LogP contribution in [0.4, 0.5) is 0 Å². The van der Waals surface area contributed by atoms with E-state index in [0.29, 0.717) is 19.7 Å². The largest absolute Gasteiger partial charge is 0.374 e. The van der Waals surface area contributed by atoms with Crippen molar-refractivity contribution in [1.29, 1.82) is 0 Å². The predicted octanol–water partition coefficient (Wildman–Crippen LogP) is 0.871. The lowest BCUT2D eigenvalue weighted by Gasteiger charge is -2.32. The first-order valence-corrected chi connectivity index (χ1v) is 5.52. The van der Waals surface area contributed by atoms with E-state index >= 15 is 0 Å². The van der Waals surface area contributed by atoms with Gasteiger partial charge in [0.05, 0.1) is 12.7 Å². The van der Waals surface area contributed by atoms with E-state index in [1.807, 2.05) is 23.2 Å². The second kappa shape index (κ2) is 5.07. The van der Waals surface area contributed by atoms with Gasteiger partial charge in [0.1, 0.15) is 0 Å². The van der Waals surface area contributed by atoms with Gasteiger partial charge in [-0.1, -0.05) is 6.07 Å². The second-order valence-electron chi connectivity index (χ2n) is 4.02. The lowest BCUT2D eigenvalue weighted by Crippen LogP contribution is -2.45. The molecule has 0 spiro atoms. The quantitative estimate of drug-likeness (QED) is 0.742. The van der Waals surface area contributed by atoms with Crippen molar-refractivity contribution in [1.82, 2.24) is 9.88 Å². The third-order valence-electron chi connectivity index (χ3n) is 2.77.